The van der Waals surface area contributed by atoms with E-state index in [1.54, 1.807) is 7.11 Å². The third kappa shape index (κ3) is 10.2. The molecule has 1 unspecified atom stereocenters. The fraction of sp³-hybridized carbons (Fsp3) is 1.00. The molecule has 14 heavy (non-hydrogen) atoms. The average Bonchev–Trinajstić information content (AvgIpc) is 2.15. The molecule has 0 aliphatic carbocycles. The van der Waals surface area contributed by atoms with Gasteiger partial charge in [0.1, 0.15) is 0 Å². The molecule has 3 heteroatoms. The molecule has 0 bridgehead atoms. The van der Waals surface area contributed by atoms with E-state index in [0.29, 0.717) is 0 Å². The largest absolute Gasteiger partial charge is 0.400 e. The van der Waals surface area contributed by atoms with Gasteiger partial charge in [-0.25, -0.2) is 0 Å². The highest BCUT2D eigenvalue weighted by Gasteiger charge is 2.01. The van der Waals surface area contributed by atoms with Gasteiger partial charge in [0.15, 0.2) is 0 Å². The Kier molecular flexibility index (Phi) is 9.78. The molecule has 0 N–H and O–H groups in total. The highest BCUT2D eigenvalue weighted by Crippen LogP contribution is 2.09. The molecule has 1 atom stereocenters. The van der Waals surface area contributed by atoms with Gasteiger partial charge in [-0.15, -0.1) is 0 Å². The van der Waals surface area contributed by atoms with Gasteiger partial charge in [-0.2, -0.15) is 0 Å². The zero-order valence-corrected chi connectivity index (χ0v) is 11.4. The van der Waals surface area contributed by atoms with Crippen LogP contribution in [-0.4, -0.2) is 23.0 Å². The summed E-state index contributed by atoms with van der Waals surface area (Å²) in [6.07, 6.45) is 6.58. The summed E-state index contributed by atoms with van der Waals surface area (Å²) in [6.45, 7) is 7.53. The van der Waals surface area contributed by atoms with Crippen LogP contribution in [0.1, 0.15) is 46.0 Å². The molecular weight excluding hydrogens is 192 g/mol. The summed E-state index contributed by atoms with van der Waals surface area (Å²) in [4.78, 5) is 0. The van der Waals surface area contributed by atoms with E-state index in [4.69, 9.17) is 8.85 Å². The van der Waals surface area contributed by atoms with Crippen LogP contribution in [-0.2, 0) is 8.85 Å². The van der Waals surface area contributed by atoms with Gasteiger partial charge >= 0.3 is 9.28 Å². The molecule has 86 valence electrons. The zero-order chi connectivity index (χ0) is 10.8. The molecule has 2 nitrogen and oxygen atoms in total. The molecule has 0 saturated heterocycles. The predicted octanol–water partition coefficient (Wildman–Crippen LogP) is 3.11. The maximum absolute atomic E-state index is 5.54. The second kappa shape index (κ2) is 9.68. The van der Waals surface area contributed by atoms with Crippen LogP contribution in [0.3, 0.4) is 0 Å². The topological polar surface area (TPSA) is 18.5 Å². The first-order valence-electron chi connectivity index (χ1n) is 5.81. The minimum Gasteiger partial charge on any atom is -0.400 e. The van der Waals surface area contributed by atoms with E-state index in [1.807, 2.05) is 0 Å². The first-order chi connectivity index (χ1) is 6.66. The van der Waals surface area contributed by atoms with Crippen molar-refractivity contribution in [3.63, 3.8) is 0 Å². The van der Waals surface area contributed by atoms with Crippen molar-refractivity contribution in [2.24, 2.45) is 5.92 Å². The van der Waals surface area contributed by atoms with Crippen LogP contribution < -0.4 is 0 Å². The number of rotatable bonds is 9. The third-order valence-electron chi connectivity index (χ3n) is 2.36. The third-order valence-corrected chi connectivity index (χ3v) is 3.73. The van der Waals surface area contributed by atoms with Crippen LogP contribution >= 0.6 is 0 Å². The Balaban J connectivity index is 2.99. The Morgan fingerprint density at radius 1 is 1.07 bits per heavy atom. The van der Waals surface area contributed by atoms with Crippen LogP contribution in [0.25, 0.3) is 0 Å². The molecule has 0 rings (SSSR count). The van der Waals surface area contributed by atoms with Crippen molar-refractivity contribution in [2.45, 2.75) is 52.5 Å². The van der Waals surface area contributed by atoms with Crippen molar-refractivity contribution in [1.82, 2.24) is 0 Å². The lowest BCUT2D eigenvalue weighted by Crippen LogP contribution is -2.16. The second-order valence-corrected chi connectivity index (χ2v) is 6.21. The molecule has 0 spiro atoms. The molecular formula is C11H26O2Si. The Hall–Kier alpha value is 0.137. The van der Waals surface area contributed by atoms with Gasteiger partial charge < -0.3 is 8.85 Å². The maximum atomic E-state index is 5.54. The van der Waals surface area contributed by atoms with Gasteiger partial charge in [0.05, 0.1) is 0 Å². The molecule has 0 aromatic rings. The van der Waals surface area contributed by atoms with Crippen molar-refractivity contribution < 1.29 is 8.85 Å². The van der Waals surface area contributed by atoms with E-state index < -0.39 is 9.28 Å². The lowest BCUT2D eigenvalue weighted by atomic mass is 10.0. The zero-order valence-electron chi connectivity index (χ0n) is 10.2. The molecule has 0 heterocycles. The van der Waals surface area contributed by atoms with Gasteiger partial charge in [-0.05, 0) is 18.9 Å². The van der Waals surface area contributed by atoms with Gasteiger partial charge in [-0.1, -0.05) is 39.5 Å². The van der Waals surface area contributed by atoms with E-state index in [1.165, 1.54) is 32.1 Å². The summed E-state index contributed by atoms with van der Waals surface area (Å²) in [5.41, 5.74) is 0. The average molecular weight is 218 g/mol. The van der Waals surface area contributed by atoms with Gasteiger partial charge in [0.2, 0.25) is 0 Å². The van der Waals surface area contributed by atoms with Crippen molar-refractivity contribution in [3.05, 3.63) is 0 Å². The first kappa shape index (κ1) is 14.1. The smallest absolute Gasteiger partial charge is 0.317 e. The minimum absolute atomic E-state index is 0.854. The standard InChI is InChI=1S/C11H26O2Si/c1-11(2)9-7-5-6-8-10-13-14(4)12-3/h11,14H,5-10H2,1-4H3. The number of unbranched alkanes of at least 4 members (excludes halogenated alkanes) is 3. The second-order valence-electron chi connectivity index (χ2n) is 4.27. The molecule has 0 aliphatic heterocycles. The number of hydrogen-bond acceptors (Lipinski definition) is 2. The quantitative estimate of drug-likeness (QED) is 0.437. The van der Waals surface area contributed by atoms with Crippen LogP contribution in [0.4, 0.5) is 0 Å². The molecule has 0 fully saturated rings. The van der Waals surface area contributed by atoms with Crippen molar-refractivity contribution >= 4 is 9.28 Å². The van der Waals surface area contributed by atoms with Crippen LogP contribution in [0, 0.1) is 5.92 Å². The fourth-order valence-electron chi connectivity index (χ4n) is 1.33. The predicted molar refractivity (Wildman–Crippen MR) is 63.9 cm³/mol. The van der Waals surface area contributed by atoms with E-state index >= 15 is 0 Å². The summed E-state index contributed by atoms with van der Waals surface area (Å²) in [6, 6.07) is 0. The fourth-order valence-corrected chi connectivity index (χ4v) is 1.96. The van der Waals surface area contributed by atoms with E-state index in [-0.39, 0.29) is 0 Å². The lowest BCUT2D eigenvalue weighted by Gasteiger charge is -2.09. The summed E-state index contributed by atoms with van der Waals surface area (Å²) < 4.78 is 10.7. The Bertz CT molecular complexity index is 118. The van der Waals surface area contributed by atoms with Crippen molar-refractivity contribution in [3.8, 4) is 0 Å². The Labute approximate surface area is 90.8 Å². The van der Waals surface area contributed by atoms with Gasteiger partial charge in [0, 0.05) is 13.7 Å². The summed E-state index contributed by atoms with van der Waals surface area (Å²) in [5, 5.41) is 0. The van der Waals surface area contributed by atoms with Crippen LogP contribution in [0.15, 0.2) is 0 Å². The summed E-state index contributed by atoms with van der Waals surface area (Å²) >= 11 is 0. The van der Waals surface area contributed by atoms with Crippen molar-refractivity contribution in [2.75, 3.05) is 13.7 Å². The molecule has 0 radical (unpaired) electrons. The lowest BCUT2D eigenvalue weighted by molar-refractivity contribution is 0.229. The first-order valence-corrected chi connectivity index (χ1v) is 7.91. The van der Waals surface area contributed by atoms with Crippen LogP contribution in [0.5, 0.6) is 0 Å². The van der Waals surface area contributed by atoms with Crippen molar-refractivity contribution in [1.29, 1.82) is 0 Å². The molecule has 0 aliphatic rings. The molecule has 0 saturated carbocycles. The van der Waals surface area contributed by atoms with Gasteiger partial charge in [-0.3, -0.25) is 0 Å². The molecule has 0 aromatic carbocycles. The van der Waals surface area contributed by atoms with E-state index in [2.05, 4.69) is 20.4 Å². The normalized spacial score (nSPS) is 13.5. The Morgan fingerprint density at radius 2 is 1.71 bits per heavy atom. The van der Waals surface area contributed by atoms with Gasteiger partial charge in [0.25, 0.3) is 0 Å². The summed E-state index contributed by atoms with van der Waals surface area (Å²) in [5.74, 6) is 0.854. The highest BCUT2D eigenvalue weighted by molar-refractivity contribution is 6.42. The summed E-state index contributed by atoms with van der Waals surface area (Å²) in [7, 11) is 0.479. The van der Waals surface area contributed by atoms with E-state index in [9.17, 15) is 0 Å². The molecule has 0 aromatic heterocycles. The minimum atomic E-state index is -1.26. The maximum Gasteiger partial charge on any atom is 0.317 e. The van der Waals surface area contributed by atoms with Crippen LogP contribution in [0.2, 0.25) is 6.55 Å². The van der Waals surface area contributed by atoms with E-state index in [0.717, 1.165) is 12.5 Å². The highest BCUT2D eigenvalue weighted by atomic mass is 28.3. The number of hydrogen-bond donors (Lipinski definition) is 0. The molecule has 0 amide bonds. The SMILES string of the molecule is CO[SiH](C)OCCCCCCC(C)C. The monoisotopic (exact) mass is 218 g/mol. The Morgan fingerprint density at radius 3 is 2.29 bits per heavy atom.